The second-order valence-corrected chi connectivity index (χ2v) is 5.42. The number of nitrogens with one attached hydrogen (secondary N) is 1. The Morgan fingerprint density at radius 2 is 2.16 bits per heavy atom. The minimum Gasteiger partial charge on any atom is -0.397 e. The Morgan fingerprint density at radius 3 is 2.68 bits per heavy atom. The van der Waals surface area contributed by atoms with Gasteiger partial charge in [-0.1, -0.05) is 0 Å². The van der Waals surface area contributed by atoms with Crippen molar-refractivity contribution in [3.05, 3.63) is 22.4 Å². The molecule has 0 saturated carbocycles. The second-order valence-electron chi connectivity index (χ2n) is 4.56. The molecule has 6 heteroatoms. The minimum absolute atomic E-state index is 0.0743. The van der Waals surface area contributed by atoms with E-state index in [2.05, 4.69) is 21.2 Å². The van der Waals surface area contributed by atoms with Crippen LogP contribution in [-0.4, -0.2) is 25.0 Å². The zero-order valence-corrected chi connectivity index (χ0v) is 12.9. The first-order chi connectivity index (χ1) is 8.85. The van der Waals surface area contributed by atoms with Gasteiger partial charge in [-0.3, -0.25) is 4.79 Å². The number of hydrogen-bond donors (Lipinski definition) is 2. The molecular weight excluding hydrogens is 313 g/mol. The number of anilines is 2. The van der Waals surface area contributed by atoms with Crippen molar-refractivity contribution in [3.8, 4) is 0 Å². The molecule has 0 spiro atoms. The maximum absolute atomic E-state index is 13.6. The predicted octanol–water partition coefficient (Wildman–Crippen LogP) is 2.52. The lowest BCUT2D eigenvalue weighted by Crippen LogP contribution is -2.40. The smallest absolute Gasteiger partial charge is 0.239 e. The lowest BCUT2D eigenvalue weighted by Gasteiger charge is -2.24. The Morgan fingerprint density at radius 1 is 1.53 bits per heavy atom. The quantitative estimate of drug-likeness (QED) is 0.815. The van der Waals surface area contributed by atoms with Crippen LogP contribution in [0.5, 0.6) is 0 Å². The standard InChI is InChI=1S/C13H19BrFN3O/c1-4-18(7-13(19)17-8(2)3)12-6-10(15)9(14)5-11(12)16/h5-6,8H,4,7,16H2,1-3H3,(H,17,19). The van der Waals surface area contributed by atoms with Crippen LogP contribution in [-0.2, 0) is 4.79 Å². The highest BCUT2D eigenvalue weighted by Crippen LogP contribution is 2.29. The summed E-state index contributed by atoms with van der Waals surface area (Å²) in [5, 5.41) is 2.80. The summed E-state index contributed by atoms with van der Waals surface area (Å²) < 4.78 is 13.9. The fourth-order valence-corrected chi connectivity index (χ4v) is 2.09. The topological polar surface area (TPSA) is 58.4 Å². The van der Waals surface area contributed by atoms with E-state index in [1.165, 1.54) is 12.1 Å². The van der Waals surface area contributed by atoms with E-state index in [4.69, 9.17) is 5.73 Å². The zero-order chi connectivity index (χ0) is 14.6. The van der Waals surface area contributed by atoms with E-state index in [9.17, 15) is 9.18 Å². The van der Waals surface area contributed by atoms with E-state index < -0.39 is 5.82 Å². The molecule has 1 rings (SSSR count). The summed E-state index contributed by atoms with van der Waals surface area (Å²) in [6.07, 6.45) is 0. The Hall–Kier alpha value is -1.30. The molecule has 0 atom stereocenters. The number of rotatable bonds is 5. The average Bonchev–Trinajstić information content (AvgIpc) is 2.30. The van der Waals surface area contributed by atoms with Crippen LogP contribution in [0.4, 0.5) is 15.8 Å². The van der Waals surface area contributed by atoms with Gasteiger partial charge in [0.2, 0.25) is 5.91 Å². The maximum Gasteiger partial charge on any atom is 0.239 e. The zero-order valence-electron chi connectivity index (χ0n) is 11.3. The van der Waals surface area contributed by atoms with Crippen LogP contribution in [0.2, 0.25) is 0 Å². The summed E-state index contributed by atoms with van der Waals surface area (Å²) in [7, 11) is 0. The van der Waals surface area contributed by atoms with E-state index in [0.717, 1.165) is 0 Å². The van der Waals surface area contributed by atoms with Gasteiger partial charge in [0.15, 0.2) is 0 Å². The van der Waals surface area contributed by atoms with Crippen LogP contribution in [0.25, 0.3) is 0 Å². The van der Waals surface area contributed by atoms with Crippen LogP contribution >= 0.6 is 15.9 Å². The molecule has 1 aromatic rings. The fraction of sp³-hybridized carbons (Fsp3) is 0.462. The third kappa shape index (κ3) is 4.38. The van der Waals surface area contributed by atoms with Crippen molar-refractivity contribution in [2.45, 2.75) is 26.8 Å². The summed E-state index contributed by atoms with van der Waals surface area (Å²) in [5.41, 5.74) is 6.84. The number of halogens is 2. The largest absolute Gasteiger partial charge is 0.397 e. The number of carbonyl (C=O) groups is 1. The molecule has 19 heavy (non-hydrogen) atoms. The van der Waals surface area contributed by atoms with Crippen LogP contribution in [0, 0.1) is 5.82 Å². The van der Waals surface area contributed by atoms with Crippen LogP contribution in [0.3, 0.4) is 0 Å². The lowest BCUT2D eigenvalue weighted by atomic mass is 10.2. The molecule has 0 saturated heterocycles. The highest BCUT2D eigenvalue weighted by Gasteiger charge is 2.15. The lowest BCUT2D eigenvalue weighted by molar-refractivity contribution is -0.120. The van der Waals surface area contributed by atoms with Crippen LogP contribution < -0.4 is 16.0 Å². The predicted molar refractivity (Wildman–Crippen MR) is 79.7 cm³/mol. The van der Waals surface area contributed by atoms with Crippen LogP contribution in [0.1, 0.15) is 20.8 Å². The van der Waals surface area contributed by atoms with Crippen molar-refractivity contribution in [3.63, 3.8) is 0 Å². The third-order valence-electron chi connectivity index (χ3n) is 2.58. The first-order valence-corrected chi connectivity index (χ1v) is 6.93. The van der Waals surface area contributed by atoms with Gasteiger partial charge in [-0.25, -0.2) is 4.39 Å². The molecule has 0 heterocycles. The summed E-state index contributed by atoms with van der Waals surface area (Å²) in [6, 6.07) is 2.92. The Bertz CT molecular complexity index is 465. The number of nitrogen functional groups attached to an aromatic ring is 1. The van der Waals surface area contributed by atoms with Gasteiger partial charge in [0.1, 0.15) is 5.82 Å². The van der Waals surface area contributed by atoms with Crippen LogP contribution in [0.15, 0.2) is 16.6 Å². The van der Waals surface area contributed by atoms with Gasteiger partial charge in [0, 0.05) is 18.7 Å². The maximum atomic E-state index is 13.6. The number of likely N-dealkylation sites (N-methyl/N-ethyl adjacent to an activating group) is 1. The van der Waals surface area contributed by atoms with Gasteiger partial charge in [0.05, 0.1) is 22.4 Å². The van der Waals surface area contributed by atoms with Gasteiger partial charge < -0.3 is 16.0 Å². The van der Waals surface area contributed by atoms with Crippen molar-refractivity contribution >= 4 is 33.2 Å². The Balaban J connectivity index is 2.91. The SMILES string of the molecule is CCN(CC(=O)NC(C)C)c1cc(F)c(Br)cc1N. The van der Waals surface area contributed by atoms with E-state index >= 15 is 0 Å². The van der Waals surface area contributed by atoms with E-state index in [0.29, 0.717) is 22.4 Å². The molecule has 0 aliphatic rings. The Labute approximate surface area is 121 Å². The van der Waals surface area contributed by atoms with Crippen molar-refractivity contribution in [2.75, 3.05) is 23.7 Å². The van der Waals surface area contributed by atoms with E-state index in [1.807, 2.05) is 20.8 Å². The van der Waals surface area contributed by atoms with Gasteiger partial charge in [-0.15, -0.1) is 0 Å². The molecule has 0 unspecified atom stereocenters. The molecule has 0 aliphatic carbocycles. The van der Waals surface area contributed by atoms with Gasteiger partial charge >= 0.3 is 0 Å². The molecule has 106 valence electrons. The fourth-order valence-electron chi connectivity index (χ4n) is 1.73. The molecule has 1 aromatic carbocycles. The van der Waals surface area contributed by atoms with Gasteiger partial charge in [-0.05, 0) is 42.8 Å². The number of hydrogen-bond acceptors (Lipinski definition) is 3. The number of amides is 1. The van der Waals surface area contributed by atoms with Crippen molar-refractivity contribution < 1.29 is 9.18 Å². The summed E-state index contributed by atoms with van der Waals surface area (Å²) in [4.78, 5) is 13.5. The highest BCUT2D eigenvalue weighted by molar-refractivity contribution is 9.10. The van der Waals surface area contributed by atoms with E-state index in [1.54, 1.807) is 4.90 Å². The monoisotopic (exact) mass is 331 g/mol. The third-order valence-corrected chi connectivity index (χ3v) is 3.18. The second kappa shape index (κ2) is 6.75. The number of nitrogens with zero attached hydrogens (tertiary/aromatic N) is 1. The van der Waals surface area contributed by atoms with Gasteiger partial charge in [-0.2, -0.15) is 0 Å². The summed E-state index contributed by atoms with van der Waals surface area (Å²) in [6.45, 7) is 6.39. The summed E-state index contributed by atoms with van der Waals surface area (Å²) >= 11 is 3.08. The molecule has 1 amide bonds. The van der Waals surface area contributed by atoms with Crippen molar-refractivity contribution in [2.24, 2.45) is 0 Å². The minimum atomic E-state index is -0.396. The molecule has 0 aliphatic heterocycles. The molecule has 0 bridgehead atoms. The molecule has 3 N–H and O–H groups in total. The molecule has 0 aromatic heterocycles. The number of benzene rings is 1. The molecule has 0 radical (unpaired) electrons. The Kier molecular flexibility index (Phi) is 5.60. The highest BCUT2D eigenvalue weighted by atomic mass is 79.9. The first-order valence-electron chi connectivity index (χ1n) is 6.14. The normalized spacial score (nSPS) is 10.6. The van der Waals surface area contributed by atoms with Gasteiger partial charge in [0.25, 0.3) is 0 Å². The van der Waals surface area contributed by atoms with E-state index in [-0.39, 0.29) is 18.5 Å². The van der Waals surface area contributed by atoms with Crippen molar-refractivity contribution in [1.82, 2.24) is 5.32 Å². The molecule has 0 fully saturated rings. The molecular formula is C13H19BrFN3O. The average molecular weight is 332 g/mol. The molecule has 4 nitrogen and oxygen atoms in total. The number of nitrogens with two attached hydrogens (primary N) is 1. The number of carbonyl (C=O) groups excluding carboxylic acids is 1. The summed E-state index contributed by atoms with van der Waals surface area (Å²) in [5.74, 6) is -0.508. The first kappa shape index (κ1) is 15.8. The van der Waals surface area contributed by atoms with Crippen molar-refractivity contribution in [1.29, 1.82) is 0 Å².